The molecule has 0 aliphatic carbocycles. The van der Waals surface area contributed by atoms with Gasteiger partial charge in [-0.2, -0.15) is 36.5 Å². The summed E-state index contributed by atoms with van der Waals surface area (Å²) in [5.41, 5.74) is 8.95. The van der Waals surface area contributed by atoms with Gasteiger partial charge in [-0.25, -0.2) is 11.1 Å². The molecule has 2 aliphatic heterocycles. The molecule has 2 aliphatic rings. The van der Waals surface area contributed by atoms with E-state index in [1.165, 1.54) is 0 Å². The zero-order chi connectivity index (χ0) is 37.1. The fraction of sp³-hybridized carbons (Fsp3) is 0.214. The van der Waals surface area contributed by atoms with Crippen molar-refractivity contribution in [2.45, 2.75) is 18.9 Å². The maximum atomic E-state index is 5.22. The SMILES string of the molecule is POCc1ncccc1OP.[CH2-]CO[CH-]c1[c-]c(-c2[c-]c(C3NCCN3)ccc2)ccc1.[CH2-]CO[CH-]c1[c-]c(-c2[c-]c(C3NCCN3)ccc2)ccc1.[U+2].[U+2].[U].[U].[U].[U]. The number of nitrogens with zero attached hydrogens (tertiary/aromatic N) is 1. The fourth-order valence-electron chi connectivity index (χ4n) is 5.52. The van der Waals surface area contributed by atoms with Crippen molar-refractivity contribution in [3.8, 4) is 28.0 Å². The zero-order valence-electron chi connectivity index (χ0n) is 32.6. The summed E-state index contributed by atoms with van der Waals surface area (Å²) in [5.74, 6) is 0.722. The first kappa shape index (κ1) is 63.5. The molecule has 4 aromatic carbocycles. The number of benzene rings is 4. The van der Waals surface area contributed by atoms with Gasteiger partial charge in [0, 0.05) is 166 Å². The van der Waals surface area contributed by atoms with Crippen molar-refractivity contribution < 1.29 is 205 Å². The van der Waals surface area contributed by atoms with E-state index in [0.717, 1.165) is 82.1 Å². The van der Waals surface area contributed by atoms with Crippen molar-refractivity contribution in [2.75, 3.05) is 39.4 Å². The second kappa shape index (κ2) is 37.5. The Kier molecular flexibility index (Phi) is 40.4. The van der Waals surface area contributed by atoms with Gasteiger partial charge < -0.3 is 55.6 Å². The van der Waals surface area contributed by atoms with Crippen LogP contribution in [-0.2, 0) is 20.6 Å². The first-order valence-electron chi connectivity index (χ1n) is 17.3. The predicted octanol–water partition coefficient (Wildman–Crippen LogP) is 6.57. The van der Waals surface area contributed by atoms with Gasteiger partial charge in [-0.3, -0.25) is 38.4 Å². The standard InChI is InChI=1S/2C18H18N2O.C6H9NO2P2.6U/c2*1-2-21-13-14-5-3-6-15(11-14)16-7-4-8-17(12-16)18-19-9-10-20-18;10-8-4-5-6(9-11)2-1-3-7-5;;;;;;/h2*3-8,13,18-20H,1-2,9-10H2;1-3H,4,10-11H2;;;;;;/q2*-4;;;;;;2*+2. The molecule has 0 radical (unpaired) electrons. The van der Waals surface area contributed by atoms with Crippen LogP contribution < -0.4 is 25.8 Å². The van der Waals surface area contributed by atoms with E-state index in [1.807, 2.05) is 48.5 Å². The van der Waals surface area contributed by atoms with Crippen LogP contribution in [0.15, 0.2) is 91.1 Å². The van der Waals surface area contributed by atoms with Crippen LogP contribution in [0.5, 0.6) is 5.75 Å². The van der Waals surface area contributed by atoms with Crippen molar-refractivity contribution in [3.05, 3.63) is 170 Å². The average molecular weight is 2170 g/mol. The summed E-state index contributed by atoms with van der Waals surface area (Å²) in [6, 6.07) is 41.6. The van der Waals surface area contributed by atoms with Crippen LogP contribution >= 0.6 is 18.9 Å². The van der Waals surface area contributed by atoms with Gasteiger partial charge in [-0.05, 0) is 12.1 Å². The van der Waals surface area contributed by atoms with E-state index in [-0.39, 0.29) is 199 Å². The average Bonchev–Trinajstić information content (AvgIpc) is 3.97. The van der Waals surface area contributed by atoms with Gasteiger partial charge in [-0.15, -0.1) is 85.0 Å². The van der Waals surface area contributed by atoms with E-state index in [9.17, 15) is 0 Å². The summed E-state index contributed by atoms with van der Waals surface area (Å²) < 4.78 is 20.2. The monoisotopic (exact) mass is 2170 g/mol. The molecule has 59 heavy (non-hydrogen) atoms. The second-order valence-electron chi connectivity index (χ2n) is 11.6. The van der Waals surface area contributed by atoms with E-state index in [2.05, 4.69) is 120 Å². The molecular weight excluding hydrogens is 2130 g/mol. The summed E-state index contributed by atoms with van der Waals surface area (Å²) in [7, 11) is 4.34. The maximum absolute atomic E-state index is 5.22. The first-order valence-corrected chi connectivity index (χ1v) is 18.2. The Morgan fingerprint density at radius 3 is 1.39 bits per heavy atom. The third-order valence-corrected chi connectivity index (χ3v) is 8.39. The van der Waals surface area contributed by atoms with Crippen LogP contribution in [0.1, 0.15) is 40.3 Å². The van der Waals surface area contributed by atoms with Gasteiger partial charge >= 0.3 is 62.2 Å². The molecule has 3 heterocycles. The van der Waals surface area contributed by atoms with E-state index in [4.69, 9.17) is 18.5 Å². The van der Waals surface area contributed by atoms with Crippen molar-refractivity contribution in [1.82, 2.24) is 26.3 Å². The van der Waals surface area contributed by atoms with Gasteiger partial charge in [-0.1, -0.05) is 0 Å². The Balaban J connectivity index is 0. The minimum atomic E-state index is 0. The van der Waals surface area contributed by atoms with Crippen molar-refractivity contribution in [2.24, 2.45) is 0 Å². The predicted molar refractivity (Wildman–Crippen MR) is 215 cm³/mol. The number of hydrogen-bond acceptors (Lipinski definition) is 9. The molecule has 17 heteroatoms. The number of rotatable bonds is 13. The van der Waals surface area contributed by atoms with Gasteiger partial charge in [0.2, 0.25) is 0 Å². The molecule has 0 saturated carbocycles. The van der Waals surface area contributed by atoms with Crippen LogP contribution in [0.2, 0.25) is 0 Å². The topological polar surface area (TPSA) is 97.9 Å². The molecule has 2 unspecified atom stereocenters. The summed E-state index contributed by atoms with van der Waals surface area (Å²) in [6.45, 7) is 15.9. The number of hydrogen-bond donors (Lipinski definition) is 4. The number of aromatic nitrogens is 1. The Labute approximate surface area is 498 Å². The van der Waals surface area contributed by atoms with Crippen molar-refractivity contribution >= 4 is 18.9 Å². The molecule has 1 aromatic heterocycles. The van der Waals surface area contributed by atoms with Crippen LogP contribution in [0.25, 0.3) is 22.3 Å². The maximum Gasteiger partial charge on any atom is 2.00 e. The third-order valence-electron chi connectivity index (χ3n) is 7.97. The summed E-state index contributed by atoms with van der Waals surface area (Å²) in [5, 5.41) is 13.6. The summed E-state index contributed by atoms with van der Waals surface area (Å²) in [4.78, 5) is 4.06. The first-order chi connectivity index (χ1) is 26.1. The Morgan fingerprint density at radius 2 is 1.00 bits per heavy atom. The van der Waals surface area contributed by atoms with E-state index in [0.29, 0.717) is 19.8 Å². The second-order valence-corrected chi connectivity index (χ2v) is 12.2. The Hall–Kier alpha value is 2.46. The quantitative estimate of drug-likeness (QED) is 0.0772. The molecule has 2 saturated heterocycles. The molecule has 300 valence electrons. The number of nitrogens with one attached hydrogen (secondary N) is 4. The van der Waals surface area contributed by atoms with Crippen LogP contribution in [-0.4, -0.2) is 44.4 Å². The molecule has 2 fully saturated rings. The van der Waals surface area contributed by atoms with E-state index in [1.54, 1.807) is 19.4 Å². The smallest absolute Gasteiger partial charge is 0.504 e. The van der Waals surface area contributed by atoms with E-state index < -0.39 is 0 Å². The van der Waals surface area contributed by atoms with Gasteiger partial charge in [0.15, 0.2) is 0 Å². The number of pyridine rings is 1. The van der Waals surface area contributed by atoms with Crippen LogP contribution in [0.3, 0.4) is 0 Å². The van der Waals surface area contributed by atoms with E-state index >= 15 is 0 Å². The summed E-state index contributed by atoms with van der Waals surface area (Å²) in [6.07, 6.45) is 2.08. The van der Waals surface area contributed by atoms with Crippen molar-refractivity contribution in [1.29, 1.82) is 0 Å². The molecule has 5 aromatic rings. The molecule has 9 nitrogen and oxygen atoms in total. The molecule has 4 N–H and O–H groups in total. The minimum absolute atomic E-state index is 0. The zero-order valence-corrected chi connectivity index (χ0v) is 59.9. The van der Waals surface area contributed by atoms with Crippen molar-refractivity contribution in [3.63, 3.8) is 0 Å². The van der Waals surface area contributed by atoms with Crippen LogP contribution in [0.4, 0.5) is 0 Å². The molecular formula is C42H45N5O4P2U6-4. The molecule has 7 rings (SSSR count). The molecule has 2 atom stereocenters. The Bertz CT molecular complexity index is 1740. The molecule has 0 amide bonds. The molecule has 0 spiro atoms. The largest absolute Gasteiger partial charge is 2.00 e. The van der Waals surface area contributed by atoms with Gasteiger partial charge in [0.1, 0.15) is 11.4 Å². The number of ether oxygens (including phenoxy) is 2. The summed E-state index contributed by atoms with van der Waals surface area (Å²) >= 11 is 0. The third kappa shape index (κ3) is 22.2. The van der Waals surface area contributed by atoms with Crippen LogP contribution in [0, 0.1) is 238 Å². The molecule has 0 bridgehead atoms. The Morgan fingerprint density at radius 1 is 0.593 bits per heavy atom. The normalized spacial score (nSPS) is 12.7. The fourth-order valence-corrected chi connectivity index (χ4v) is 5.89. The minimum Gasteiger partial charge on any atom is -0.504 e. The van der Waals surface area contributed by atoms with Gasteiger partial charge in [0.05, 0.1) is 28.4 Å². The van der Waals surface area contributed by atoms with Gasteiger partial charge in [0.25, 0.3) is 0 Å².